The van der Waals surface area contributed by atoms with Crippen molar-refractivity contribution in [3.63, 3.8) is 0 Å². The summed E-state index contributed by atoms with van der Waals surface area (Å²) < 4.78 is 1.27. The Morgan fingerprint density at radius 3 is 2.57 bits per heavy atom. The van der Waals surface area contributed by atoms with Crippen LogP contribution in [0.1, 0.15) is 18.4 Å². The number of aromatic nitrogens is 2. The van der Waals surface area contributed by atoms with E-state index in [1.165, 1.54) is 16.5 Å². The van der Waals surface area contributed by atoms with Crippen LogP contribution in [0.25, 0.3) is 0 Å². The zero-order valence-corrected chi connectivity index (χ0v) is 12.8. The predicted molar refractivity (Wildman–Crippen MR) is 87.4 cm³/mol. The number of anilines is 2. The van der Waals surface area contributed by atoms with Gasteiger partial charge in [0.15, 0.2) is 5.69 Å². The minimum Gasteiger partial charge on any atom is -0.383 e. The van der Waals surface area contributed by atoms with Crippen LogP contribution in [0.5, 0.6) is 0 Å². The topological polar surface area (TPSA) is 101 Å². The lowest BCUT2D eigenvalue weighted by Gasteiger charge is -2.20. The van der Waals surface area contributed by atoms with Gasteiger partial charge in [0.2, 0.25) is 5.91 Å². The molecule has 1 amide bonds. The summed E-state index contributed by atoms with van der Waals surface area (Å²) >= 11 is 0. The van der Waals surface area contributed by atoms with E-state index in [4.69, 9.17) is 5.73 Å². The normalized spacial score (nSPS) is 13.8. The molecule has 1 aromatic heterocycles. The third-order valence-corrected chi connectivity index (χ3v) is 3.99. The van der Waals surface area contributed by atoms with E-state index in [1.54, 1.807) is 0 Å². The van der Waals surface area contributed by atoms with E-state index in [0.717, 1.165) is 18.4 Å². The first-order chi connectivity index (χ1) is 11.0. The number of carbonyl (C=O) groups is 1. The second-order valence-corrected chi connectivity index (χ2v) is 5.74. The SMILES string of the molecule is CN(C(=O)C1CC1)c1c(N)n(Cc2ccccc2)c(=O)[nH]c1=O. The van der Waals surface area contributed by atoms with Crippen molar-refractivity contribution in [2.75, 3.05) is 17.7 Å². The second kappa shape index (κ2) is 5.75. The molecule has 7 heteroatoms. The zero-order chi connectivity index (χ0) is 16.6. The zero-order valence-electron chi connectivity index (χ0n) is 12.8. The van der Waals surface area contributed by atoms with Crippen molar-refractivity contribution in [2.24, 2.45) is 5.92 Å². The maximum absolute atomic E-state index is 12.2. The smallest absolute Gasteiger partial charge is 0.330 e. The Morgan fingerprint density at radius 1 is 1.30 bits per heavy atom. The third-order valence-electron chi connectivity index (χ3n) is 3.99. The van der Waals surface area contributed by atoms with Crippen LogP contribution in [0, 0.1) is 5.92 Å². The van der Waals surface area contributed by atoms with Gasteiger partial charge in [0.05, 0.1) is 6.54 Å². The molecule has 1 fully saturated rings. The lowest BCUT2D eigenvalue weighted by atomic mass is 10.2. The summed E-state index contributed by atoms with van der Waals surface area (Å²) in [6, 6.07) is 9.29. The molecule has 1 aromatic carbocycles. The molecule has 0 atom stereocenters. The number of amides is 1. The number of hydrogen-bond acceptors (Lipinski definition) is 4. The molecule has 3 rings (SSSR count). The van der Waals surface area contributed by atoms with Gasteiger partial charge in [-0.1, -0.05) is 30.3 Å². The molecule has 1 aliphatic rings. The summed E-state index contributed by atoms with van der Waals surface area (Å²) in [7, 11) is 1.51. The van der Waals surface area contributed by atoms with Gasteiger partial charge in [-0.3, -0.25) is 19.1 Å². The summed E-state index contributed by atoms with van der Waals surface area (Å²) in [6.07, 6.45) is 1.65. The van der Waals surface area contributed by atoms with Crippen LogP contribution < -0.4 is 21.9 Å². The summed E-state index contributed by atoms with van der Waals surface area (Å²) in [5.41, 5.74) is 5.70. The minimum atomic E-state index is -0.645. The molecule has 0 bridgehead atoms. The highest BCUT2D eigenvalue weighted by Crippen LogP contribution is 2.32. The molecule has 0 unspecified atom stereocenters. The molecule has 3 N–H and O–H groups in total. The van der Waals surface area contributed by atoms with Gasteiger partial charge in [-0.25, -0.2) is 4.79 Å². The summed E-state index contributed by atoms with van der Waals surface area (Å²) in [5.74, 6) is -0.195. The van der Waals surface area contributed by atoms with Crippen LogP contribution in [0.2, 0.25) is 0 Å². The number of nitrogens with two attached hydrogens (primary N) is 1. The fourth-order valence-corrected chi connectivity index (χ4v) is 2.54. The van der Waals surface area contributed by atoms with Crippen LogP contribution in [-0.2, 0) is 11.3 Å². The average molecular weight is 314 g/mol. The number of H-pyrrole nitrogens is 1. The van der Waals surface area contributed by atoms with Crippen molar-refractivity contribution in [1.82, 2.24) is 9.55 Å². The number of hydrogen-bond donors (Lipinski definition) is 2. The second-order valence-electron chi connectivity index (χ2n) is 5.74. The van der Waals surface area contributed by atoms with Gasteiger partial charge in [0.25, 0.3) is 5.56 Å². The Labute approximate surface area is 132 Å². The van der Waals surface area contributed by atoms with Crippen LogP contribution in [0.3, 0.4) is 0 Å². The van der Waals surface area contributed by atoms with E-state index in [1.807, 2.05) is 30.3 Å². The number of nitrogens with one attached hydrogen (secondary N) is 1. The largest absolute Gasteiger partial charge is 0.383 e. The maximum Gasteiger partial charge on any atom is 0.330 e. The molecule has 7 nitrogen and oxygen atoms in total. The van der Waals surface area contributed by atoms with Crippen LogP contribution in [-0.4, -0.2) is 22.5 Å². The Bertz CT molecular complexity index is 850. The van der Waals surface area contributed by atoms with E-state index in [2.05, 4.69) is 4.98 Å². The van der Waals surface area contributed by atoms with E-state index in [-0.39, 0.29) is 29.9 Å². The van der Waals surface area contributed by atoms with Gasteiger partial charge in [-0.2, -0.15) is 0 Å². The number of carbonyl (C=O) groups excluding carboxylic acids is 1. The Balaban J connectivity index is 2.04. The fourth-order valence-electron chi connectivity index (χ4n) is 2.54. The summed E-state index contributed by atoms with van der Waals surface area (Å²) in [4.78, 5) is 39.9. The van der Waals surface area contributed by atoms with E-state index in [0.29, 0.717) is 0 Å². The lowest BCUT2D eigenvalue weighted by molar-refractivity contribution is -0.119. The van der Waals surface area contributed by atoms with E-state index in [9.17, 15) is 14.4 Å². The maximum atomic E-state index is 12.2. The summed E-state index contributed by atoms with van der Waals surface area (Å²) in [6.45, 7) is 0.223. The van der Waals surface area contributed by atoms with Crippen molar-refractivity contribution in [1.29, 1.82) is 0 Å². The van der Waals surface area contributed by atoms with Crippen molar-refractivity contribution >= 4 is 17.4 Å². The number of benzene rings is 1. The van der Waals surface area contributed by atoms with Gasteiger partial charge in [-0.05, 0) is 18.4 Å². The molecule has 1 aliphatic carbocycles. The summed E-state index contributed by atoms with van der Waals surface area (Å²) in [5, 5.41) is 0. The quantitative estimate of drug-likeness (QED) is 0.860. The van der Waals surface area contributed by atoms with Gasteiger partial charge in [0, 0.05) is 13.0 Å². The molecule has 1 saturated carbocycles. The Morgan fingerprint density at radius 2 is 1.96 bits per heavy atom. The third kappa shape index (κ3) is 2.90. The van der Waals surface area contributed by atoms with Crippen molar-refractivity contribution in [3.05, 3.63) is 56.7 Å². The molecule has 1 heterocycles. The number of rotatable bonds is 4. The van der Waals surface area contributed by atoms with Gasteiger partial charge < -0.3 is 10.6 Å². The van der Waals surface area contributed by atoms with Gasteiger partial charge in [-0.15, -0.1) is 0 Å². The van der Waals surface area contributed by atoms with Crippen molar-refractivity contribution in [2.45, 2.75) is 19.4 Å². The molecular formula is C16H18N4O3. The number of nitrogens with zero attached hydrogens (tertiary/aromatic N) is 2. The highest BCUT2D eigenvalue weighted by atomic mass is 16.2. The fraction of sp³-hybridized carbons (Fsp3) is 0.312. The average Bonchev–Trinajstić information content (AvgIpc) is 3.36. The molecule has 120 valence electrons. The minimum absolute atomic E-state index is 0.000830. The Hall–Kier alpha value is -2.83. The van der Waals surface area contributed by atoms with Crippen molar-refractivity contribution in [3.8, 4) is 0 Å². The first-order valence-electron chi connectivity index (χ1n) is 7.43. The molecule has 0 spiro atoms. The number of aromatic amines is 1. The standard InChI is InChI=1S/C16H18N4O3/c1-19(15(22)11-7-8-11)12-13(17)20(16(23)18-14(12)21)9-10-5-3-2-4-6-10/h2-6,11H,7-9,17H2,1H3,(H,18,21,23). The molecule has 23 heavy (non-hydrogen) atoms. The monoisotopic (exact) mass is 314 g/mol. The first kappa shape index (κ1) is 15.1. The van der Waals surface area contributed by atoms with E-state index >= 15 is 0 Å². The predicted octanol–water partition coefficient (Wildman–Crippen LogP) is 0.540. The molecular weight excluding hydrogens is 296 g/mol. The lowest BCUT2D eigenvalue weighted by Crippen LogP contribution is -2.39. The van der Waals surface area contributed by atoms with E-state index < -0.39 is 11.2 Å². The van der Waals surface area contributed by atoms with Crippen molar-refractivity contribution < 1.29 is 4.79 Å². The first-order valence-corrected chi connectivity index (χ1v) is 7.43. The molecule has 2 aromatic rings. The number of nitrogen functional groups attached to an aromatic ring is 1. The van der Waals surface area contributed by atoms with Crippen LogP contribution in [0.4, 0.5) is 11.5 Å². The highest BCUT2D eigenvalue weighted by molar-refractivity contribution is 5.97. The van der Waals surface area contributed by atoms with Gasteiger partial charge >= 0.3 is 5.69 Å². The molecule has 0 radical (unpaired) electrons. The van der Waals surface area contributed by atoms with Crippen LogP contribution >= 0.6 is 0 Å². The molecule has 0 aliphatic heterocycles. The molecule has 0 saturated heterocycles. The Kier molecular flexibility index (Phi) is 3.77. The highest BCUT2D eigenvalue weighted by Gasteiger charge is 2.34. The van der Waals surface area contributed by atoms with Gasteiger partial charge in [0.1, 0.15) is 5.82 Å². The van der Waals surface area contributed by atoms with Crippen LogP contribution in [0.15, 0.2) is 39.9 Å².